The second kappa shape index (κ2) is 213. The largest absolute Gasteiger partial charge is 0.396 e. The van der Waals surface area contributed by atoms with E-state index in [1.807, 2.05) is 69.2 Å². The molecule has 0 heterocycles. The van der Waals surface area contributed by atoms with Crippen LogP contribution in [-0.4, -0.2) is 402 Å². The highest BCUT2D eigenvalue weighted by molar-refractivity contribution is 4.80. The lowest BCUT2D eigenvalue weighted by Gasteiger charge is -2.27. The fourth-order valence-electron chi connectivity index (χ4n) is 10.1. The van der Waals surface area contributed by atoms with Gasteiger partial charge in [-0.3, -0.25) is 0 Å². The molecule has 35 nitrogen and oxygen atoms in total. The summed E-state index contributed by atoms with van der Waals surface area (Å²) in [5.41, 5.74) is -1.24. The number of ether oxygens (including phenoxy) is 1. The first-order chi connectivity index (χ1) is 57.6. The second-order valence-electron chi connectivity index (χ2n) is 30.5. The second-order valence-corrected chi connectivity index (χ2v) is 30.5. The van der Waals surface area contributed by atoms with Gasteiger partial charge in [0, 0.05) is 77.3 Å². The maximum absolute atomic E-state index is 9.60. The summed E-state index contributed by atoms with van der Waals surface area (Å²) in [5, 5.41) is 297. The van der Waals surface area contributed by atoms with Crippen molar-refractivity contribution >= 4 is 0 Å². The maximum atomic E-state index is 9.60. The molecule has 0 aliphatic carbocycles. The van der Waals surface area contributed by atoms with Crippen LogP contribution in [0.2, 0.25) is 0 Å². The molecule has 0 aromatic heterocycles. The van der Waals surface area contributed by atoms with E-state index in [1.165, 1.54) is 7.11 Å². The molecule has 22 atom stereocenters. The van der Waals surface area contributed by atoms with Gasteiger partial charge in [-0.25, -0.2) is 0 Å². The molecular weight excluding hydrogens is 1920 g/mol. The highest BCUT2D eigenvalue weighted by Crippen LogP contribution is 2.19. The average molecular weight is 2220 g/mol. The minimum atomic E-state index is -1.24. The van der Waals surface area contributed by atoms with Gasteiger partial charge in [0.05, 0.1) is 151 Å². The van der Waals surface area contributed by atoms with Gasteiger partial charge in [0.15, 0.2) is 0 Å². The molecule has 0 aliphatic heterocycles. The van der Waals surface area contributed by atoms with Crippen LogP contribution in [0.1, 0.15) is 502 Å². The Hall–Kier alpha value is -1.40. The lowest BCUT2D eigenvalue weighted by Crippen LogP contribution is -2.40. The molecule has 34 N–H and O–H groups in total. The standard InChI is InChI=1S/2C8H18O4.C7H16O4.2C7H16O3.3C7H16O2.C6H14O3.3C6H14O2.C5H12O2.26CH4/c1-3-4-7(12-2)8(11)6(10)5-9;1-2-3-8(12,6-10)4-7(11)5-9;1-2-3-5(9)7(11)6(10)4-8;1-2-3-6(4-8)7(10)5-9;1-2-3-6(9)4-7(10)5-8;1-3-4-7(5-8)6(2)9;1-2-3-7(6-9)4-5-8;1-2-3-4-5-7(9)6-8;1-2-3-5(8)6(9)4-7;1-3-4-6(8)5(2)7;1-2-3-6(4-7)5-8;1-2-3-4-6(8)5-7;1-2-3-5(7)4-6;;;;;;;;;;;;;;;;;;;;;;;;;;/h6-11H,3-5H2,1-2H3;7,9-12H,2-6H2,1H3;5-11H,2-4H2,1H3;2*6-10H,2-5H2,1H3;6-9H,3-5H2,1-2H3;2*7-9H,2-6H2,1H3;5-9H,2-4H2,1H3;5-8H,3-4H2,1-2H3;2*6-8H,2-5H2,1H3;5-7H,2-4H2,1H3;26*1H4. The van der Waals surface area contributed by atoms with Crippen molar-refractivity contribution in [2.75, 3.05) is 113 Å². The van der Waals surface area contributed by atoms with Gasteiger partial charge in [-0.05, 0) is 110 Å². The van der Waals surface area contributed by atoms with E-state index in [-0.39, 0.29) is 322 Å². The Morgan fingerprint density at radius 3 is 0.736 bits per heavy atom. The number of unbranched alkanes of at least 4 members (excludes halogenated alkanes) is 3. The Bertz CT molecular complexity index is 1770. The first-order valence-corrected chi connectivity index (χ1v) is 45.1. The van der Waals surface area contributed by atoms with Crippen molar-refractivity contribution in [3.63, 3.8) is 0 Å². The van der Waals surface area contributed by atoms with Gasteiger partial charge >= 0.3 is 0 Å². The summed E-state index contributed by atoms with van der Waals surface area (Å²) in [6, 6.07) is 0. The molecule has 0 spiro atoms. The molecule has 0 bridgehead atoms. The van der Waals surface area contributed by atoms with Crippen LogP contribution in [0.3, 0.4) is 0 Å². The molecule has 148 heavy (non-hydrogen) atoms. The van der Waals surface area contributed by atoms with Crippen LogP contribution < -0.4 is 0 Å². The zero-order chi connectivity index (χ0) is 97.8. The van der Waals surface area contributed by atoms with Gasteiger partial charge < -0.3 is 178 Å². The normalized spacial score (nSPS) is 13.5. The van der Waals surface area contributed by atoms with E-state index in [9.17, 15) is 10.2 Å². The van der Waals surface area contributed by atoms with Crippen LogP contribution >= 0.6 is 0 Å². The summed E-state index contributed by atoms with van der Waals surface area (Å²) >= 11 is 0. The summed E-state index contributed by atoms with van der Waals surface area (Å²) in [5.74, 6) is 0.352. The molecule has 966 valence electrons. The highest BCUT2D eigenvalue weighted by atomic mass is 16.5. The summed E-state index contributed by atoms with van der Waals surface area (Å²) in [4.78, 5) is 0. The topological polar surface area (TPSA) is 697 Å². The van der Waals surface area contributed by atoms with Crippen molar-refractivity contribution < 1.29 is 178 Å². The van der Waals surface area contributed by atoms with Gasteiger partial charge in [-0.1, -0.05) is 386 Å². The van der Waals surface area contributed by atoms with Crippen molar-refractivity contribution in [3.05, 3.63) is 0 Å². The fraction of sp³-hybridized carbons (Fsp3) is 1.00. The Morgan fingerprint density at radius 2 is 0.500 bits per heavy atom. The van der Waals surface area contributed by atoms with Crippen molar-refractivity contribution in [1.29, 1.82) is 0 Å². The van der Waals surface area contributed by atoms with Crippen LogP contribution in [0.5, 0.6) is 0 Å². The summed E-state index contributed by atoms with van der Waals surface area (Å²) in [7, 11) is 1.48. The SMILES string of the molecule is C.C.C.C.C.C.C.C.C.C.C.C.C.C.C.C.C.C.C.C.C.C.C.C.C.C.CCCC(CO)C(C)O.CCCC(CO)C(O)CO.CCCC(CO)CCO.CCCC(CO)CO.CCCC(O)(CO)CC(O)CO.CCCC(O)C(C)O.CCCC(O)C(O)C(O)CO.CCCC(O)C(O)CO.CCCC(O)CC(O)CO.CCCC(O)CO.CCCC(OC)C(O)C(O)CO.CCCCC(O)CO.CCCCCC(O)CO. The molecule has 0 amide bonds. The number of rotatable bonds is 59. The first kappa shape index (κ1) is 268. The molecule has 0 aliphatic rings. The van der Waals surface area contributed by atoms with Gasteiger partial charge in [0.25, 0.3) is 0 Å². The Morgan fingerprint density at radius 1 is 0.209 bits per heavy atom. The number of hydrogen-bond acceptors (Lipinski definition) is 35. The van der Waals surface area contributed by atoms with Crippen LogP contribution in [0, 0.1) is 23.7 Å². The molecule has 35 heteroatoms. The molecule has 0 rings (SSSR count). The molecule has 0 aromatic rings. The van der Waals surface area contributed by atoms with Crippen LogP contribution in [0.4, 0.5) is 0 Å². The Kier molecular flexibility index (Phi) is 386. The summed E-state index contributed by atoms with van der Waals surface area (Å²) in [6.45, 7) is 27.0. The monoisotopic (exact) mass is 2220 g/mol. The summed E-state index contributed by atoms with van der Waals surface area (Å²) < 4.78 is 4.95. The smallest absolute Gasteiger partial charge is 0.108 e. The van der Waals surface area contributed by atoms with E-state index >= 15 is 0 Å². The summed E-state index contributed by atoms with van der Waals surface area (Å²) in [6.07, 6.45) is 12.2. The predicted octanol–water partition coefficient (Wildman–Crippen LogP) is 17.4. The lowest BCUT2D eigenvalue weighted by molar-refractivity contribution is -0.0918. The molecule has 0 fully saturated rings. The van der Waals surface area contributed by atoms with E-state index < -0.39 is 123 Å². The van der Waals surface area contributed by atoms with Gasteiger partial charge in [0.2, 0.25) is 0 Å². The third kappa shape index (κ3) is 212. The molecule has 0 saturated carbocycles. The predicted molar refractivity (Wildman–Crippen MR) is 653 cm³/mol. The fourth-order valence-corrected chi connectivity index (χ4v) is 10.1. The average Bonchev–Trinajstić information content (AvgIpc) is 0.899. The van der Waals surface area contributed by atoms with Crippen molar-refractivity contribution in [1.82, 2.24) is 0 Å². The number of methoxy groups -OCH3 is 1. The molecule has 0 aromatic carbocycles. The minimum absolute atomic E-state index is 0. The number of aliphatic hydroxyl groups is 34. The van der Waals surface area contributed by atoms with Crippen molar-refractivity contribution in [2.45, 2.75) is 618 Å². The molecule has 0 radical (unpaired) electrons. The van der Waals surface area contributed by atoms with E-state index in [0.717, 1.165) is 148 Å². The molecule has 22 unspecified atom stereocenters. The minimum Gasteiger partial charge on any atom is -0.396 e. The zero-order valence-corrected chi connectivity index (χ0v) is 78.8. The van der Waals surface area contributed by atoms with Crippen LogP contribution in [0.25, 0.3) is 0 Å². The number of aliphatic hydroxyl groups excluding tert-OH is 33. The van der Waals surface area contributed by atoms with Crippen molar-refractivity contribution in [3.8, 4) is 0 Å². The van der Waals surface area contributed by atoms with Gasteiger partial charge in [-0.15, -0.1) is 0 Å². The maximum Gasteiger partial charge on any atom is 0.108 e. The Balaban J connectivity index is -0.0000000232. The lowest BCUT2D eigenvalue weighted by atomic mass is 9.92. The van der Waals surface area contributed by atoms with Gasteiger partial charge in [-0.2, -0.15) is 0 Å². The number of hydrogen-bond donors (Lipinski definition) is 34. The first-order valence-electron chi connectivity index (χ1n) is 45.1. The third-order valence-electron chi connectivity index (χ3n) is 18.2. The van der Waals surface area contributed by atoms with E-state index in [1.54, 1.807) is 13.8 Å². The highest BCUT2D eigenvalue weighted by Gasteiger charge is 2.29. The quantitative estimate of drug-likeness (QED) is 0.0251. The van der Waals surface area contributed by atoms with Crippen molar-refractivity contribution in [2.24, 2.45) is 23.7 Å². The zero-order valence-electron chi connectivity index (χ0n) is 78.8. The van der Waals surface area contributed by atoms with Crippen LogP contribution in [-0.2, 0) is 4.74 Å². The van der Waals surface area contributed by atoms with E-state index in [0.29, 0.717) is 50.9 Å². The van der Waals surface area contributed by atoms with Crippen LogP contribution in [0.15, 0.2) is 0 Å². The van der Waals surface area contributed by atoms with E-state index in [4.69, 9.17) is 168 Å². The van der Waals surface area contributed by atoms with Gasteiger partial charge in [0.1, 0.15) is 30.5 Å². The Labute approximate surface area is 928 Å². The third-order valence-corrected chi connectivity index (χ3v) is 18.2. The molecule has 0 saturated heterocycles. The molecular formula is C113H304O35. The van der Waals surface area contributed by atoms with E-state index in [2.05, 4.69) is 20.8 Å².